The van der Waals surface area contributed by atoms with Crippen LogP contribution in [-0.4, -0.2) is 43.8 Å². The average Bonchev–Trinajstić information content (AvgIpc) is 2.88. The molecule has 4 rings (SSSR count). The second-order valence-electron chi connectivity index (χ2n) is 8.47. The third-order valence-corrected chi connectivity index (χ3v) is 9.76. The summed E-state index contributed by atoms with van der Waals surface area (Å²) in [6.45, 7) is -0.0642. The average molecular weight is 626 g/mol. The van der Waals surface area contributed by atoms with Crippen molar-refractivity contribution < 1.29 is 22.7 Å². The molecule has 194 valence electrons. The van der Waals surface area contributed by atoms with Crippen molar-refractivity contribution in [1.29, 1.82) is 0 Å². The first kappa shape index (κ1) is 27.6. The molecule has 3 aromatic rings. The molecule has 0 saturated heterocycles. The van der Waals surface area contributed by atoms with Gasteiger partial charge in [0.25, 0.3) is 0 Å². The van der Waals surface area contributed by atoms with Gasteiger partial charge in [-0.3, -0.25) is 4.79 Å². The lowest BCUT2D eigenvalue weighted by molar-refractivity contribution is -0.145. The number of amides is 1. The van der Waals surface area contributed by atoms with Crippen LogP contribution in [0.1, 0.15) is 16.7 Å². The predicted octanol–water partition coefficient (Wildman–Crippen LogP) is 4.77. The van der Waals surface area contributed by atoms with Gasteiger partial charge in [0.15, 0.2) is 0 Å². The Morgan fingerprint density at radius 3 is 2.30 bits per heavy atom. The van der Waals surface area contributed by atoms with Crippen LogP contribution in [0.4, 0.5) is 0 Å². The molecule has 0 aromatic heterocycles. The Morgan fingerprint density at radius 1 is 1.03 bits per heavy atom. The lowest BCUT2D eigenvalue weighted by Gasteiger charge is -2.36. The summed E-state index contributed by atoms with van der Waals surface area (Å²) in [4.78, 5) is 26.0. The summed E-state index contributed by atoms with van der Waals surface area (Å²) in [6, 6.07) is 16.8. The number of nitrogens with zero attached hydrogens (tertiary/aromatic N) is 1. The molecule has 1 aliphatic rings. The molecule has 0 fully saturated rings. The van der Waals surface area contributed by atoms with Gasteiger partial charge in [-0.25, -0.2) is 13.2 Å². The fraction of sp³-hybridized carbons (Fsp3) is 0.231. The van der Waals surface area contributed by atoms with E-state index >= 15 is 0 Å². The molecule has 1 aliphatic heterocycles. The van der Waals surface area contributed by atoms with E-state index in [4.69, 9.17) is 27.9 Å². The Kier molecular flexibility index (Phi) is 8.60. The number of esters is 1. The van der Waals surface area contributed by atoms with Crippen molar-refractivity contribution in [2.24, 2.45) is 0 Å². The van der Waals surface area contributed by atoms with Crippen molar-refractivity contribution in [2.75, 3.05) is 7.11 Å². The molecule has 0 radical (unpaired) electrons. The predicted molar refractivity (Wildman–Crippen MR) is 145 cm³/mol. The minimum Gasteiger partial charge on any atom is -0.467 e. The van der Waals surface area contributed by atoms with E-state index in [1.807, 2.05) is 42.5 Å². The Hall–Kier alpha value is -2.43. The molecular formula is C26H23BrCl2N2O5S. The van der Waals surface area contributed by atoms with Crippen LogP contribution in [0.25, 0.3) is 0 Å². The maximum Gasteiger partial charge on any atom is 0.328 e. The zero-order valence-corrected chi connectivity index (χ0v) is 23.6. The summed E-state index contributed by atoms with van der Waals surface area (Å²) in [6.07, 6.45) is 0.248. The molecular weight excluding hydrogens is 603 g/mol. The number of fused-ring (bicyclic) bond motifs is 1. The first-order valence-corrected chi connectivity index (χ1v) is 14.3. The second kappa shape index (κ2) is 11.5. The van der Waals surface area contributed by atoms with E-state index in [-0.39, 0.29) is 34.3 Å². The second-order valence-corrected chi connectivity index (χ2v) is 12.0. The fourth-order valence-electron chi connectivity index (χ4n) is 4.31. The first-order chi connectivity index (χ1) is 17.6. The van der Waals surface area contributed by atoms with Crippen molar-refractivity contribution in [1.82, 2.24) is 9.62 Å². The molecule has 3 aromatic carbocycles. The molecule has 37 heavy (non-hydrogen) atoms. The van der Waals surface area contributed by atoms with Gasteiger partial charge in [0.1, 0.15) is 17.0 Å². The van der Waals surface area contributed by atoms with Crippen molar-refractivity contribution in [3.05, 3.63) is 97.9 Å². The summed E-state index contributed by atoms with van der Waals surface area (Å²) in [5.74, 6) is -1.28. The van der Waals surface area contributed by atoms with E-state index in [2.05, 4.69) is 21.2 Å². The molecule has 0 bridgehead atoms. The number of benzene rings is 3. The lowest BCUT2D eigenvalue weighted by atomic mass is 9.95. The number of halogens is 3. The normalized spacial score (nSPS) is 16.5. The van der Waals surface area contributed by atoms with Gasteiger partial charge in [0, 0.05) is 17.4 Å². The summed E-state index contributed by atoms with van der Waals surface area (Å²) in [5.41, 5.74) is 2.37. The number of hydrogen-bond donors (Lipinski definition) is 1. The molecule has 7 nitrogen and oxygen atoms in total. The third kappa shape index (κ3) is 5.86. The molecule has 2 atom stereocenters. The van der Waals surface area contributed by atoms with Gasteiger partial charge < -0.3 is 10.1 Å². The molecule has 0 saturated carbocycles. The van der Waals surface area contributed by atoms with Crippen molar-refractivity contribution in [3.8, 4) is 0 Å². The topological polar surface area (TPSA) is 92.8 Å². The SMILES string of the molecule is COC(=O)C(Cc1ccccc1Br)NC(=O)C1Cc2ccccc2CN1S(=O)(=O)c1c(Cl)cccc1Cl. The zero-order chi connectivity index (χ0) is 26.7. The fourth-order valence-corrected chi connectivity index (χ4v) is 7.42. The highest BCUT2D eigenvalue weighted by atomic mass is 79.9. The van der Waals surface area contributed by atoms with Crippen LogP contribution in [-0.2, 0) is 43.7 Å². The molecule has 11 heteroatoms. The van der Waals surface area contributed by atoms with Gasteiger partial charge in [0.2, 0.25) is 15.9 Å². The molecule has 0 spiro atoms. The van der Waals surface area contributed by atoms with Gasteiger partial charge in [-0.1, -0.05) is 87.7 Å². The van der Waals surface area contributed by atoms with Crippen LogP contribution in [0.3, 0.4) is 0 Å². The number of carbonyl (C=O) groups excluding carboxylic acids is 2. The largest absolute Gasteiger partial charge is 0.467 e. The third-order valence-electron chi connectivity index (χ3n) is 6.18. The molecule has 0 aliphatic carbocycles. The number of rotatable bonds is 7. The number of carbonyl (C=O) groups is 2. The molecule has 1 heterocycles. The van der Waals surface area contributed by atoms with E-state index < -0.39 is 34.0 Å². The number of ether oxygens (including phenoxy) is 1. The molecule has 1 amide bonds. The van der Waals surface area contributed by atoms with E-state index in [0.717, 1.165) is 25.5 Å². The van der Waals surface area contributed by atoms with Gasteiger partial charge in [-0.2, -0.15) is 4.31 Å². The van der Waals surface area contributed by atoms with Crippen molar-refractivity contribution in [2.45, 2.75) is 36.4 Å². The maximum absolute atomic E-state index is 13.8. The lowest BCUT2D eigenvalue weighted by Crippen LogP contribution is -2.56. The number of nitrogens with one attached hydrogen (secondary N) is 1. The van der Waals surface area contributed by atoms with Crippen LogP contribution in [0, 0.1) is 0 Å². The summed E-state index contributed by atoms with van der Waals surface area (Å²) in [7, 11) is -3.07. The minimum absolute atomic E-state index is 0.0492. The zero-order valence-electron chi connectivity index (χ0n) is 19.7. The number of hydrogen-bond acceptors (Lipinski definition) is 5. The van der Waals surface area contributed by atoms with Crippen molar-refractivity contribution >= 4 is 61.0 Å². The Labute approximate surface area is 233 Å². The monoisotopic (exact) mass is 624 g/mol. The van der Waals surface area contributed by atoms with Crippen LogP contribution in [0.2, 0.25) is 10.0 Å². The van der Waals surface area contributed by atoms with Gasteiger partial charge in [0.05, 0.1) is 17.2 Å². The highest BCUT2D eigenvalue weighted by Crippen LogP contribution is 2.36. The van der Waals surface area contributed by atoms with Gasteiger partial charge in [-0.15, -0.1) is 0 Å². The highest BCUT2D eigenvalue weighted by Gasteiger charge is 2.42. The standard InChI is InChI=1S/C26H23BrCl2N2O5S/c1-36-26(33)22(13-17-8-4-5-10-19(17)27)30-25(32)23-14-16-7-2-3-9-18(16)15-31(23)37(34,35)24-20(28)11-6-12-21(24)29/h2-12,22-23H,13-15H2,1H3,(H,30,32). The summed E-state index contributed by atoms with van der Waals surface area (Å²) in [5, 5.41) is 2.62. The highest BCUT2D eigenvalue weighted by molar-refractivity contribution is 9.10. The van der Waals surface area contributed by atoms with E-state index in [1.165, 1.54) is 19.2 Å². The van der Waals surface area contributed by atoms with E-state index in [1.54, 1.807) is 12.1 Å². The quantitative estimate of drug-likeness (QED) is 0.382. The Balaban J connectivity index is 1.71. The Morgan fingerprint density at radius 2 is 1.65 bits per heavy atom. The molecule has 2 unspecified atom stereocenters. The van der Waals surface area contributed by atoms with Gasteiger partial charge >= 0.3 is 5.97 Å². The summed E-state index contributed by atoms with van der Waals surface area (Å²) < 4.78 is 34.5. The maximum atomic E-state index is 13.8. The van der Waals surface area contributed by atoms with Crippen LogP contribution >= 0.6 is 39.1 Å². The van der Waals surface area contributed by atoms with E-state index in [0.29, 0.717) is 0 Å². The van der Waals surface area contributed by atoms with E-state index in [9.17, 15) is 18.0 Å². The van der Waals surface area contributed by atoms with Gasteiger partial charge in [-0.05, 0) is 41.3 Å². The number of methoxy groups -OCH3 is 1. The van der Waals surface area contributed by atoms with Crippen LogP contribution in [0.5, 0.6) is 0 Å². The van der Waals surface area contributed by atoms with Crippen LogP contribution < -0.4 is 5.32 Å². The Bertz CT molecular complexity index is 1430. The minimum atomic E-state index is -4.30. The van der Waals surface area contributed by atoms with Crippen molar-refractivity contribution in [3.63, 3.8) is 0 Å². The molecule has 1 N–H and O–H groups in total. The smallest absolute Gasteiger partial charge is 0.328 e. The first-order valence-electron chi connectivity index (χ1n) is 11.3. The number of sulfonamides is 1. The summed E-state index contributed by atoms with van der Waals surface area (Å²) >= 11 is 16.0. The van der Waals surface area contributed by atoms with Crippen LogP contribution in [0.15, 0.2) is 76.1 Å².